The zero-order valence-corrected chi connectivity index (χ0v) is 21.1. The molecule has 6 nitrogen and oxygen atoms in total. The number of nitrogens with zero attached hydrogens (tertiary/aromatic N) is 1. The van der Waals surface area contributed by atoms with Gasteiger partial charge in [-0.1, -0.05) is 54.1 Å². The van der Waals surface area contributed by atoms with E-state index in [-0.39, 0.29) is 5.92 Å². The molecule has 1 aliphatic carbocycles. The minimum absolute atomic E-state index is 0.225. The Kier molecular flexibility index (Phi) is 8.47. The number of carboxylic acids is 2. The van der Waals surface area contributed by atoms with Crippen molar-refractivity contribution in [2.24, 2.45) is 5.92 Å². The maximum atomic E-state index is 11.2. The van der Waals surface area contributed by atoms with Crippen LogP contribution in [0.15, 0.2) is 54.6 Å². The first kappa shape index (κ1) is 27.7. The minimum Gasteiger partial charge on any atom is -0.493 e. The Morgan fingerprint density at radius 2 is 1.68 bits per heavy atom. The molecule has 0 bridgehead atoms. The van der Waals surface area contributed by atoms with Crippen LogP contribution in [0.1, 0.15) is 23.1 Å². The molecule has 3 aromatic rings. The number of carbonyl (C=O) groups is 2. The third-order valence-electron chi connectivity index (χ3n) is 7.03. The van der Waals surface area contributed by atoms with E-state index in [2.05, 4.69) is 47.4 Å². The highest BCUT2D eigenvalue weighted by molar-refractivity contribution is 6.31. The molecule has 1 heterocycles. The second-order valence-corrected chi connectivity index (χ2v) is 9.84. The number of alkyl halides is 3. The van der Waals surface area contributed by atoms with E-state index in [0.29, 0.717) is 25.7 Å². The number of carboxylic acid groups (broad SMARTS) is 2. The Labute approximate surface area is 222 Å². The first-order valence-electron chi connectivity index (χ1n) is 12.2. The number of benzene rings is 3. The van der Waals surface area contributed by atoms with E-state index in [0.717, 1.165) is 36.5 Å². The largest absolute Gasteiger partial charge is 0.493 e. The van der Waals surface area contributed by atoms with Crippen molar-refractivity contribution in [2.45, 2.75) is 37.9 Å². The Morgan fingerprint density at radius 3 is 2.37 bits per heavy atom. The van der Waals surface area contributed by atoms with E-state index in [1.165, 1.54) is 27.5 Å². The lowest BCUT2D eigenvalue weighted by molar-refractivity contribution is -0.192. The monoisotopic (exact) mass is 549 g/mol. The Bertz CT molecular complexity index is 1320. The Hall–Kier alpha value is -3.30. The molecule has 38 heavy (non-hydrogen) atoms. The molecule has 0 amide bonds. The van der Waals surface area contributed by atoms with Crippen molar-refractivity contribution in [3.8, 4) is 5.75 Å². The number of hydrogen-bond acceptors (Lipinski definition) is 4. The molecule has 0 radical (unpaired) electrons. The highest BCUT2D eigenvalue weighted by Gasteiger charge is 2.39. The molecule has 10 heteroatoms. The van der Waals surface area contributed by atoms with Crippen molar-refractivity contribution >= 4 is 34.3 Å². The normalized spacial score (nSPS) is 17.6. The molecule has 2 aliphatic rings. The van der Waals surface area contributed by atoms with Crippen LogP contribution in [0.5, 0.6) is 5.75 Å². The average Bonchev–Trinajstić information content (AvgIpc) is 2.84. The van der Waals surface area contributed by atoms with Crippen molar-refractivity contribution < 1.29 is 37.7 Å². The van der Waals surface area contributed by atoms with E-state index in [4.69, 9.17) is 26.2 Å². The number of halogens is 4. The Morgan fingerprint density at radius 1 is 1.00 bits per heavy atom. The van der Waals surface area contributed by atoms with Crippen LogP contribution in [-0.4, -0.2) is 59.0 Å². The van der Waals surface area contributed by atoms with Gasteiger partial charge in [-0.3, -0.25) is 9.69 Å². The van der Waals surface area contributed by atoms with Gasteiger partial charge in [0.25, 0.3) is 0 Å². The lowest BCUT2D eigenvalue weighted by Gasteiger charge is -2.44. The fourth-order valence-corrected chi connectivity index (χ4v) is 5.25. The second kappa shape index (κ2) is 11.6. The van der Waals surface area contributed by atoms with Gasteiger partial charge in [0.05, 0.1) is 12.5 Å². The zero-order chi connectivity index (χ0) is 27.4. The summed E-state index contributed by atoms with van der Waals surface area (Å²) >= 11 is 6.50. The van der Waals surface area contributed by atoms with Crippen LogP contribution in [0.4, 0.5) is 13.2 Å². The molecule has 0 saturated carbocycles. The van der Waals surface area contributed by atoms with Gasteiger partial charge < -0.3 is 14.9 Å². The first-order valence-corrected chi connectivity index (χ1v) is 12.6. The van der Waals surface area contributed by atoms with Crippen LogP contribution < -0.4 is 4.74 Å². The summed E-state index contributed by atoms with van der Waals surface area (Å²) < 4.78 is 38.0. The van der Waals surface area contributed by atoms with Gasteiger partial charge >= 0.3 is 18.1 Å². The summed E-state index contributed by atoms with van der Waals surface area (Å²) in [5.74, 6) is -2.75. The van der Waals surface area contributed by atoms with Gasteiger partial charge in [-0.15, -0.1) is 0 Å². The van der Waals surface area contributed by atoms with Crippen LogP contribution >= 0.6 is 11.6 Å². The summed E-state index contributed by atoms with van der Waals surface area (Å²) in [5.41, 5.74) is 3.68. The predicted molar refractivity (Wildman–Crippen MR) is 137 cm³/mol. The summed E-state index contributed by atoms with van der Waals surface area (Å²) in [5, 5.41) is 19.6. The van der Waals surface area contributed by atoms with Crippen LogP contribution in [0.2, 0.25) is 5.02 Å². The SMILES string of the molecule is O=C(O)C(F)(F)F.O=C(O)C1CN(C2CCc3c(Cl)ccc(OCCc4cccc5ccccc45)c3C2)C1. The van der Waals surface area contributed by atoms with Gasteiger partial charge in [-0.25, -0.2) is 4.79 Å². The lowest BCUT2D eigenvalue weighted by Crippen LogP contribution is -2.56. The summed E-state index contributed by atoms with van der Waals surface area (Å²) in [6.45, 7) is 1.90. The molecule has 1 unspecified atom stereocenters. The quantitative estimate of drug-likeness (QED) is 0.415. The number of rotatable bonds is 6. The Balaban J connectivity index is 0.000000426. The molecular weight excluding hydrogens is 523 g/mol. The summed E-state index contributed by atoms with van der Waals surface area (Å²) in [6.07, 6.45) is -1.45. The molecule has 2 N–H and O–H groups in total. The zero-order valence-electron chi connectivity index (χ0n) is 20.4. The predicted octanol–water partition coefficient (Wildman–Crippen LogP) is 5.62. The second-order valence-electron chi connectivity index (χ2n) is 9.43. The molecule has 5 rings (SSSR count). The van der Waals surface area contributed by atoms with Gasteiger partial charge in [-0.05, 0) is 53.3 Å². The summed E-state index contributed by atoms with van der Waals surface area (Å²) in [7, 11) is 0. The summed E-state index contributed by atoms with van der Waals surface area (Å²) in [4.78, 5) is 22.3. The highest BCUT2D eigenvalue weighted by Crippen LogP contribution is 2.37. The van der Waals surface area contributed by atoms with Crippen molar-refractivity contribution in [1.29, 1.82) is 0 Å². The standard InChI is InChI=1S/C26H26ClNO3.C2HF3O2/c27-24-10-11-25(31-13-12-18-6-3-5-17-4-1-2-7-21(17)18)23-14-20(8-9-22(23)24)28-15-19(16-28)26(29)30;3-2(4,5)1(6)7/h1-7,10-11,19-20H,8-9,12-16H2,(H,29,30);(H,6,7). The highest BCUT2D eigenvalue weighted by atomic mass is 35.5. The topological polar surface area (TPSA) is 87.1 Å². The molecule has 0 spiro atoms. The molecule has 3 aromatic carbocycles. The van der Waals surface area contributed by atoms with E-state index >= 15 is 0 Å². The van der Waals surface area contributed by atoms with Crippen molar-refractivity contribution in [2.75, 3.05) is 19.7 Å². The third kappa shape index (κ3) is 6.39. The van der Waals surface area contributed by atoms with E-state index in [1.807, 2.05) is 12.1 Å². The molecule has 1 saturated heterocycles. The fraction of sp³-hybridized carbons (Fsp3) is 0.357. The maximum Gasteiger partial charge on any atom is 0.490 e. The van der Waals surface area contributed by atoms with Gasteiger partial charge in [0.15, 0.2) is 0 Å². The fourth-order valence-electron chi connectivity index (χ4n) is 4.98. The van der Waals surface area contributed by atoms with E-state index in [9.17, 15) is 23.1 Å². The van der Waals surface area contributed by atoms with Gasteiger partial charge in [0, 0.05) is 36.1 Å². The molecule has 202 valence electrons. The van der Waals surface area contributed by atoms with Gasteiger partial charge in [-0.2, -0.15) is 13.2 Å². The van der Waals surface area contributed by atoms with Crippen molar-refractivity contribution in [3.63, 3.8) is 0 Å². The first-order chi connectivity index (χ1) is 18.0. The summed E-state index contributed by atoms with van der Waals surface area (Å²) in [6, 6.07) is 19.1. The molecule has 1 fully saturated rings. The van der Waals surface area contributed by atoms with Crippen molar-refractivity contribution in [1.82, 2.24) is 4.90 Å². The van der Waals surface area contributed by atoms with Crippen LogP contribution in [0.25, 0.3) is 10.8 Å². The smallest absolute Gasteiger partial charge is 0.490 e. The third-order valence-corrected chi connectivity index (χ3v) is 7.38. The van der Waals surface area contributed by atoms with Crippen LogP contribution in [-0.2, 0) is 28.9 Å². The molecule has 1 aliphatic heterocycles. The van der Waals surface area contributed by atoms with Crippen LogP contribution in [0.3, 0.4) is 0 Å². The van der Waals surface area contributed by atoms with Gasteiger partial charge in [0.2, 0.25) is 0 Å². The number of likely N-dealkylation sites (tertiary alicyclic amines) is 1. The van der Waals surface area contributed by atoms with E-state index < -0.39 is 18.1 Å². The molecule has 0 aromatic heterocycles. The average molecular weight is 550 g/mol. The van der Waals surface area contributed by atoms with Gasteiger partial charge in [0.1, 0.15) is 5.75 Å². The van der Waals surface area contributed by atoms with E-state index in [1.54, 1.807) is 0 Å². The number of hydrogen-bond donors (Lipinski definition) is 2. The minimum atomic E-state index is -5.08. The molecular formula is C28H27ClF3NO5. The maximum absolute atomic E-state index is 11.2. The number of fused-ring (bicyclic) bond motifs is 2. The molecule has 1 atom stereocenters. The van der Waals surface area contributed by atoms with Crippen LogP contribution in [0, 0.1) is 5.92 Å². The van der Waals surface area contributed by atoms with Crippen molar-refractivity contribution in [3.05, 3.63) is 76.3 Å². The number of ether oxygens (including phenoxy) is 1. The lowest BCUT2D eigenvalue weighted by atomic mass is 9.84. The number of aliphatic carboxylic acids is 2.